The van der Waals surface area contributed by atoms with E-state index >= 15 is 0 Å². The molecule has 1 heterocycles. The first-order valence-electron chi connectivity index (χ1n) is 11.5. The summed E-state index contributed by atoms with van der Waals surface area (Å²) in [6.45, 7) is 6.49. The molecule has 35 heavy (non-hydrogen) atoms. The predicted molar refractivity (Wildman–Crippen MR) is 136 cm³/mol. The Morgan fingerprint density at radius 3 is 2.40 bits per heavy atom. The zero-order valence-corrected chi connectivity index (χ0v) is 20.4. The Kier molecular flexibility index (Phi) is 7.67. The standard InChI is InChI=1S/C26H29FN4O3S/c1-20-10-11-24(19-25(20)27)35(33,34)29-22-7-5-6-21(18-22)26(32)28-12-13-30-14-16-31(17-15-30)23-8-3-2-4-9-23/h2-11,18-19,29H,12-17H2,1H3,(H,28,32). The second-order valence-corrected chi connectivity index (χ2v) is 10.2. The van der Waals surface area contributed by atoms with Crippen LogP contribution in [0.4, 0.5) is 15.8 Å². The summed E-state index contributed by atoms with van der Waals surface area (Å²) in [6, 6.07) is 20.3. The fourth-order valence-corrected chi connectivity index (χ4v) is 5.04. The maximum absolute atomic E-state index is 13.8. The number of anilines is 2. The van der Waals surface area contributed by atoms with Crippen molar-refractivity contribution >= 4 is 27.3 Å². The highest BCUT2D eigenvalue weighted by molar-refractivity contribution is 7.92. The Labute approximate surface area is 205 Å². The van der Waals surface area contributed by atoms with Crippen molar-refractivity contribution in [3.8, 4) is 0 Å². The number of hydrogen-bond acceptors (Lipinski definition) is 5. The second-order valence-electron chi connectivity index (χ2n) is 8.52. The first-order valence-corrected chi connectivity index (χ1v) is 13.0. The van der Waals surface area contributed by atoms with Crippen LogP contribution in [0.25, 0.3) is 0 Å². The van der Waals surface area contributed by atoms with Crippen LogP contribution in [-0.2, 0) is 10.0 Å². The Hall–Kier alpha value is -3.43. The van der Waals surface area contributed by atoms with Crippen molar-refractivity contribution in [2.75, 3.05) is 48.9 Å². The van der Waals surface area contributed by atoms with Gasteiger partial charge in [-0.05, 0) is 55.0 Å². The highest BCUT2D eigenvalue weighted by Crippen LogP contribution is 2.20. The van der Waals surface area contributed by atoms with Gasteiger partial charge in [0.05, 0.1) is 4.90 Å². The van der Waals surface area contributed by atoms with E-state index in [0.29, 0.717) is 17.7 Å². The molecule has 0 unspecified atom stereocenters. The third-order valence-electron chi connectivity index (χ3n) is 6.04. The molecule has 0 bridgehead atoms. The number of halogens is 1. The largest absolute Gasteiger partial charge is 0.369 e. The maximum atomic E-state index is 13.8. The van der Waals surface area contributed by atoms with Gasteiger partial charge in [0.25, 0.3) is 15.9 Å². The molecule has 0 aromatic heterocycles. The summed E-state index contributed by atoms with van der Waals surface area (Å²) in [5.74, 6) is -0.877. The third-order valence-corrected chi connectivity index (χ3v) is 7.42. The lowest BCUT2D eigenvalue weighted by Gasteiger charge is -2.36. The van der Waals surface area contributed by atoms with Crippen molar-refractivity contribution in [2.45, 2.75) is 11.8 Å². The van der Waals surface area contributed by atoms with E-state index < -0.39 is 15.8 Å². The van der Waals surface area contributed by atoms with Gasteiger partial charge < -0.3 is 10.2 Å². The van der Waals surface area contributed by atoms with E-state index in [0.717, 1.165) is 38.8 Å². The molecular weight excluding hydrogens is 467 g/mol. The number of piperazine rings is 1. The van der Waals surface area contributed by atoms with Crippen molar-refractivity contribution in [1.82, 2.24) is 10.2 Å². The normalized spacial score (nSPS) is 14.5. The molecule has 1 fully saturated rings. The molecule has 2 N–H and O–H groups in total. The van der Waals surface area contributed by atoms with Gasteiger partial charge in [-0.2, -0.15) is 0 Å². The molecule has 184 valence electrons. The minimum atomic E-state index is -3.98. The Morgan fingerprint density at radius 2 is 1.69 bits per heavy atom. The minimum Gasteiger partial charge on any atom is -0.369 e. The number of amides is 1. The van der Waals surface area contributed by atoms with Gasteiger partial charge >= 0.3 is 0 Å². The molecule has 3 aromatic carbocycles. The first kappa shape index (κ1) is 24.7. The summed E-state index contributed by atoms with van der Waals surface area (Å²) < 4.78 is 41.5. The van der Waals surface area contributed by atoms with E-state index in [1.165, 1.54) is 23.9 Å². The average Bonchev–Trinajstić information content (AvgIpc) is 2.86. The average molecular weight is 497 g/mol. The highest BCUT2D eigenvalue weighted by Gasteiger charge is 2.18. The number of benzene rings is 3. The molecule has 9 heteroatoms. The number of hydrogen-bond donors (Lipinski definition) is 2. The zero-order valence-electron chi connectivity index (χ0n) is 19.6. The van der Waals surface area contributed by atoms with Crippen LogP contribution in [0.2, 0.25) is 0 Å². The molecule has 1 aliphatic heterocycles. The van der Waals surface area contributed by atoms with E-state index in [1.807, 2.05) is 18.2 Å². The number of rotatable bonds is 8. The van der Waals surface area contributed by atoms with E-state index in [-0.39, 0.29) is 16.5 Å². The minimum absolute atomic E-state index is 0.178. The molecule has 1 aliphatic rings. The molecule has 0 aliphatic carbocycles. The third kappa shape index (κ3) is 6.37. The van der Waals surface area contributed by atoms with Crippen LogP contribution in [-0.4, -0.2) is 58.5 Å². The Morgan fingerprint density at radius 1 is 0.943 bits per heavy atom. The van der Waals surface area contributed by atoms with Crippen molar-refractivity contribution in [1.29, 1.82) is 0 Å². The summed E-state index contributed by atoms with van der Waals surface area (Å²) in [5, 5.41) is 2.90. The van der Waals surface area contributed by atoms with Gasteiger partial charge in [-0.25, -0.2) is 12.8 Å². The number of carbonyl (C=O) groups excluding carboxylic acids is 1. The van der Waals surface area contributed by atoms with Crippen LogP contribution in [0.5, 0.6) is 0 Å². The second kappa shape index (κ2) is 10.9. The topological polar surface area (TPSA) is 81.7 Å². The molecule has 0 atom stereocenters. The van der Waals surface area contributed by atoms with Crippen LogP contribution < -0.4 is 14.9 Å². The van der Waals surface area contributed by atoms with Gasteiger partial charge in [-0.1, -0.05) is 30.3 Å². The van der Waals surface area contributed by atoms with E-state index in [2.05, 4.69) is 32.0 Å². The van der Waals surface area contributed by atoms with Gasteiger partial charge in [0.2, 0.25) is 0 Å². The van der Waals surface area contributed by atoms with Crippen molar-refractivity contribution in [3.05, 3.63) is 89.7 Å². The Bertz CT molecular complexity index is 1280. The summed E-state index contributed by atoms with van der Waals surface area (Å²) in [6.07, 6.45) is 0. The molecule has 0 saturated carbocycles. The van der Waals surface area contributed by atoms with E-state index in [9.17, 15) is 17.6 Å². The fourth-order valence-electron chi connectivity index (χ4n) is 3.98. The fraction of sp³-hybridized carbons (Fsp3) is 0.269. The van der Waals surface area contributed by atoms with Crippen molar-refractivity contribution in [3.63, 3.8) is 0 Å². The van der Waals surface area contributed by atoms with Crippen LogP contribution in [0.1, 0.15) is 15.9 Å². The summed E-state index contributed by atoms with van der Waals surface area (Å²) in [7, 11) is -3.98. The number of nitrogens with one attached hydrogen (secondary N) is 2. The van der Waals surface area contributed by atoms with Crippen molar-refractivity contribution in [2.24, 2.45) is 0 Å². The van der Waals surface area contributed by atoms with Gasteiger partial charge in [0.1, 0.15) is 5.82 Å². The first-order chi connectivity index (χ1) is 16.8. The number of aryl methyl sites for hydroxylation is 1. The number of carbonyl (C=O) groups is 1. The van der Waals surface area contributed by atoms with Crippen LogP contribution >= 0.6 is 0 Å². The predicted octanol–water partition coefficient (Wildman–Crippen LogP) is 3.49. The molecule has 1 amide bonds. The number of para-hydroxylation sites is 1. The van der Waals surface area contributed by atoms with Gasteiger partial charge in [-0.3, -0.25) is 14.4 Å². The maximum Gasteiger partial charge on any atom is 0.261 e. The quantitative estimate of drug-likeness (QED) is 0.499. The van der Waals surface area contributed by atoms with E-state index in [4.69, 9.17) is 0 Å². The number of nitrogens with zero attached hydrogens (tertiary/aromatic N) is 2. The molecule has 3 aromatic rings. The molecule has 7 nitrogen and oxygen atoms in total. The lowest BCUT2D eigenvalue weighted by molar-refractivity contribution is 0.0948. The summed E-state index contributed by atoms with van der Waals surface area (Å²) >= 11 is 0. The number of sulfonamides is 1. The van der Waals surface area contributed by atoms with Crippen LogP contribution in [0.15, 0.2) is 77.7 Å². The highest BCUT2D eigenvalue weighted by atomic mass is 32.2. The van der Waals surface area contributed by atoms with Gasteiger partial charge in [0, 0.05) is 56.2 Å². The zero-order chi connectivity index (χ0) is 24.8. The summed E-state index contributed by atoms with van der Waals surface area (Å²) in [4.78, 5) is 17.1. The van der Waals surface area contributed by atoms with Crippen LogP contribution in [0, 0.1) is 12.7 Å². The monoisotopic (exact) mass is 496 g/mol. The molecule has 4 rings (SSSR count). The smallest absolute Gasteiger partial charge is 0.261 e. The van der Waals surface area contributed by atoms with Gasteiger partial charge in [-0.15, -0.1) is 0 Å². The molecule has 0 spiro atoms. The lowest BCUT2D eigenvalue weighted by Crippen LogP contribution is -2.48. The Balaban J connectivity index is 1.28. The van der Waals surface area contributed by atoms with Crippen molar-refractivity contribution < 1.29 is 17.6 Å². The molecular formula is C26H29FN4O3S. The lowest BCUT2D eigenvalue weighted by atomic mass is 10.2. The van der Waals surface area contributed by atoms with Crippen LogP contribution in [0.3, 0.4) is 0 Å². The molecule has 1 saturated heterocycles. The molecule has 0 radical (unpaired) electrons. The summed E-state index contributed by atoms with van der Waals surface area (Å²) in [5.41, 5.74) is 2.16. The van der Waals surface area contributed by atoms with Gasteiger partial charge in [0.15, 0.2) is 0 Å². The van der Waals surface area contributed by atoms with E-state index in [1.54, 1.807) is 25.1 Å². The SMILES string of the molecule is Cc1ccc(S(=O)(=O)Nc2cccc(C(=O)NCCN3CCN(c4ccccc4)CC3)c2)cc1F.